The molecule has 5 heteroatoms. The number of hydrogen-bond donors (Lipinski definition) is 1. The lowest BCUT2D eigenvalue weighted by Gasteiger charge is -2.27. The van der Waals surface area contributed by atoms with E-state index >= 15 is 0 Å². The minimum atomic E-state index is -3.35. The molecular formula is C19H22N2O2S. The summed E-state index contributed by atoms with van der Waals surface area (Å²) in [6, 6.07) is 19.5. The Balaban J connectivity index is 1.67. The highest BCUT2D eigenvalue weighted by Gasteiger charge is 2.49. The zero-order valence-corrected chi connectivity index (χ0v) is 14.3. The molecule has 0 spiro atoms. The second-order valence-electron chi connectivity index (χ2n) is 6.75. The van der Waals surface area contributed by atoms with Gasteiger partial charge in [-0.05, 0) is 29.5 Å². The van der Waals surface area contributed by atoms with Crippen LogP contribution in [0.2, 0.25) is 0 Å². The maximum Gasteiger partial charge on any atom is 0.218 e. The third-order valence-electron chi connectivity index (χ3n) is 5.21. The third kappa shape index (κ3) is 2.88. The van der Waals surface area contributed by atoms with Gasteiger partial charge in [-0.2, -0.15) is 4.31 Å². The number of rotatable bonds is 4. The number of nitrogens with zero attached hydrogens (tertiary/aromatic N) is 1. The first-order valence-corrected chi connectivity index (χ1v) is 10.1. The van der Waals surface area contributed by atoms with E-state index in [2.05, 4.69) is 17.4 Å². The fourth-order valence-electron chi connectivity index (χ4n) is 4.10. The van der Waals surface area contributed by atoms with Gasteiger partial charge in [-0.1, -0.05) is 60.7 Å². The lowest BCUT2D eigenvalue weighted by molar-refractivity contribution is 0.345. The van der Waals surface area contributed by atoms with Gasteiger partial charge in [0, 0.05) is 13.1 Å². The van der Waals surface area contributed by atoms with Crippen LogP contribution in [-0.4, -0.2) is 32.4 Å². The van der Waals surface area contributed by atoms with Crippen LogP contribution in [0.15, 0.2) is 60.7 Å². The van der Waals surface area contributed by atoms with Crippen molar-refractivity contribution in [1.29, 1.82) is 0 Å². The van der Waals surface area contributed by atoms with Gasteiger partial charge in [0.25, 0.3) is 0 Å². The molecule has 0 aromatic heterocycles. The van der Waals surface area contributed by atoms with Crippen LogP contribution in [0.1, 0.15) is 17.2 Å². The highest BCUT2D eigenvalue weighted by Crippen LogP contribution is 2.44. The van der Waals surface area contributed by atoms with E-state index in [1.807, 2.05) is 48.5 Å². The summed E-state index contributed by atoms with van der Waals surface area (Å²) in [5.41, 5.74) is 1.95. The summed E-state index contributed by atoms with van der Waals surface area (Å²) in [7, 11) is -3.35. The van der Waals surface area contributed by atoms with Crippen molar-refractivity contribution in [3.63, 3.8) is 0 Å². The molecule has 2 heterocycles. The van der Waals surface area contributed by atoms with Gasteiger partial charge in [0.15, 0.2) is 0 Å². The van der Waals surface area contributed by atoms with E-state index in [1.54, 1.807) is 4.31 Å². The topological polar surface area (TPSA) is 49.4 Å². The van der Waals surface area contributed by atoms with Crippen LogP contribution in [0.25, 0.3) is 0 Å². The SMILES string of the molecule is O=S(=O)(Cc1ccccc1)N1C[C@@H]2CNC[C@@H]2[C@@H]1c1ccccc1. The fraction of sp³-hybridized carbons (Fsp3) is 0.368. The number of nitrogens with one attached hydrogen (secondary N) is 1. The van der Waals surface area contributed by atoms with Crippen molar-refractivity contribution in [2.45, 2.75) is 11.8 Å². The summed E-state index contributed by atoms with van der Waals surface area (Å²) in [6.07, 6.45) is 0. The normalized spacial score (nSPS) is 27.2. The van der Waals surface area contributed by atoms with E-state index < -0.39 is 10.0 Å². The molecule has 2 aliphatic heterocycles. The molecule has 2 aliphatic rings. The fourth-order valence-corrected chi connectivity index (χ4v) is 5.92. The van der Waals surface area contributed by atoms with Crippen LogP contribution in [0, 0.1) is 11.8 Å². The molecule has 2 aromatic carbocycles. The Morgan fingerprint density at radius 3 is 2.33 bits per heavy atom. The van der Waals surface area contributed by atoms with E-state index in [9.17, 15) is 8.42 Å². The first-order chi connectivity index (χ1) is 11.6. The Labute approximate surface area is 143 Å². The van der Waals surface area contributed by atoms with Crippen LogP contribution < -0.4 is 5.32 Å². The third-order valence-corrected chi connectivity index (χ3v) is 7.00. The zero-order chi connectivity index (χ0) is 16.6. The zero-order valence-electron chi connectivity index (χ0n) is 13.5. The molecule has 0 amide bonds. The van der Waals surface area contributed by atoms with Gasteiger partial charge < -0.3 is 5.32 Å². The number of hydrogen-bond acceptors (Lipinski definition) is 3. The summed E-state index contributed by atoms with van der Waals surface area (Å²) in [5, 5.41) is 3.42. The minimum absolute atomic E-state index is 0.0556. The summed E-state index contributed by atoms with van der Waals surface area (Å²) < 4.78 is 28.0. The van der Waals surface area contributed by atoms with Gasteiger partial charge in [-0.25, -0.2) is 8.42 Å². The van der Waals surface area contributed by atoms with Crippen molar-refractivity contribution in [2.24, 2.45) is 11.8 Å². The molecule has 2 aromatic rings. The van der Waals surface area contributed by atoms with Crippen molar-refractivity contribution in [1.82, 2.24) is 9.62 Å². The van der Waals surface area contributed by atoms with Gasteiger partial charge in [-0.3, -0.25) is 0 Å². The van der Waals surface area contributed by atoms with E-state index in [0.29, 0.717) is 18.4 Å². The average Bonchev–Trinajstić information content (AvgIpc) is 3.17. The standard InChI is InChI=1S/C19H22N2O2S/c22-24(23,14-15-7-3-1-4-8-15)21-13-17-11-20-12-18(17)19(21)16-9-5-2-6-10-16/h1-10,17-20H,11-14H2/t17-,18-,19-/m0/s1. The highest BCUT2D eigenvalue weighted by molar-refractivity contribution is 7.88. The van der Waals surface area contributed by atoms with Gasteiger partial charge in [0.05, 0.1) is 11.8 Å². The molecule has 2 fully saturated rings. The van der Waals surface area contributed by atoms with E-state index in [0.717, 1.165) is 24.2 Å². The molecule has 126 valence electrons. The van der Waals surface area contributed by atoms with Crippen LogP contribution in [0.3, 0.4) is 0 Å². The molecule has 4 rings (SSSR count). The van der Waals surface area contributed by atoms with Crippen LogP contribution in [0.5, 0.6) is 0 Å². The maximum atomic E-state index is 13.1. The van der Waals surface area contributed by atoms with Crippen molar-refractivity contribution in [2.75, 3.05) is 19.6 Å². The molecule has 1 N–H and O–H groups in total. The maximum absolute atomic E-state index is 13.1. The van der Waals surface area contributed by atoms with Crippen LogP contribution in [-0.2, 0) is 15.8 Å². The van der Waals surface area contributed by atoms with Gasteiger partial charge in [0.2, 0.25) is 10.0 Å². The van der Waals surface area contributed by atoms with Crippen LogP contribution in [0.4, 0.5) is 0 Å². The molecule has 0 saturated carbocycles. The van der Waals surface area contributed by atoms with Crippen LogP contribution >= 0.6 is 0 Å². The Morgan fingerprint density at radius 2 is 1.62 bits per heavy atom. The molecule has 4 nitrogen and oxygen atoms in total. The molecule has 0 bridgehead atoms. The van der Waals surface area contributed by atoms with E-state index in [-0.39, 0.29) is 11.8 Å². The van der Waals surface area contributed by atoms with E-state index in [4.69, 9.17) is 0 Å². The summed E-state index contributed by atoms with van der Waals surface area (Å²) in [5.74, 6) is 0.836. The highest BCUT2D eigenvalue weighted by atomic mass is 32.2. The smallest absolute Gasteiger partial charge is 0.218 e. The molecule has 3 atom stereocenters. The predicted octanol–water partition coefficient (Wildman–Crippen LogP) is 2.41. The van der Waals surface area contributed by atoms with Crippen molar-refractivity contribution in [3.05, 3.63) is 71.8 Å². The molecule has 0 aliphatic carbocycles. The minimum Gasteiger partial charge on any atom is -0.316 e. The first kappa shape index (κ1) is 15.8. The van der Waals surface area contributed by atoms with E-state index in [1.165, 1.54) is 0 Å². The Bertz CT molecular complexity index is 793. The summed E-state index contributed by atoms with van der Waals surface area (Å²) in [6.45, 7) is 2.42. The Hall–Kier alpha value is -1.69. The lowest BCUT2D eigenvalue weighted by atomic mass is 9.90. The van der Waals surface area contributed by atoms with Gasteiger partial charge >= 0.3 is 0 Å². The average molecular weight is 342 g/mol. The molecule has 0 unspecified atom stereocenters. The largest absolute Gasteiger partial charge is 0.316 e. The van der Waals surface area contributed by atoms with Crippen molar-refractivity contribution < 1.29 is 8.42 Å². The number of benzene rings is 2. The summed E-state index contributed by atoms with van der Waals surface area (Å²) in [4.78, 5) is 0. The summed E-state index contributed by atoms with van der Waals surface area (Å²) >= 11 is 0. The Kier molecular flexibility index (Phi) is 4.16. The van der Waals surface area contributed by atoms with Crippen molar-refractivity contribution in [3.8, 4) is 0 Å². The predicted molar refractivity (Wildman–Crippen MR) is 94.8 cm³/mol. The quantitative estimate of drug-likeness (QED) is 0.928. The first-order valence-electron chi connectivity index (χ1n) is 8.44. The lowest BCUT2D eigenvalue weighted by Crippen LogP contribution is -2.35. The Morgan fingerprint density at radius 1 is 0.958 bits per heavy atom. The molecule has 24 heavy (non-hydrogen) atoms. The number of sulfonamides is 1. The molecule has 0 radical (unpaired) electrons. The van der Waals surface area contributed by atoms with Gasteiger partial charge in [-0.15, -0.1) is 0 Å². The van der Waals surface area contributed by atoms with Crippen molar-refractivity contribution >= 4 is 10.0 Å². The second-order valence-corrected chi connectivity index (χ2v) is 8.67. The van der Waals surface area contributed by atoms with Gasteiger partial charge in [0.1, 0.15) is 0 Å². The molecule has 2 saturated heterocycles. The number of fused-ring (bicyclic) bond motifs is 1. The second kappa shape index (κ2) is 6.31. The monoisotopic (exact) mass is 342 g/mol. The molecular weight excluding hydrogens is 320 g/mol.